The number of carbonyl (C=O) groups is 3. The molecule has 2 aliphatic rings. The molecule has 4 amide bonds. The van der Waals surface area contributed by atoms with Gasteiger partial charge in [-0.2, -0.15) is 0 Å². The molecule has 1 aromatic carbocycles. The summed E-state index contributed by atoms with van der Waals surface area (Å²) in [7, 11) is 0. The van der Waals surface area contributed by atoms with E-state index in [2.05, 4.69) is 24.1 Å². The highest BCUT2D eigenvalue weighted by atomic mass is 16.2. The van der Waals surface area contributed by atoms with E-state index < -0.39 is 5.54 Å². The molecule has 4 rings (SSSR count). The van der Waals surface area contributed by atoms with Gasteiger partial charge in [0.05, 0.1) is 12.2 Å². The van der Waals surface area contributed by atoms with E-state index in [1.54, 1.807) is 6.20 Å². The molecule has 34 heavy (non-hydrogen) atoms. The van der Waals surface area contributed by atoms with Crippen molar-refractivity contribution in [3.63, 3.8) is 0 Å². The molecular formula is C27H34N4O3. The number of benzene rings is 1. The van der Waals surface area contributed by atoms with Gasteiger partial charge in [-0.25, -0.2) is 4.79 Å². The molecule has 0 radical (unpaired) electrons. The number of piperidine rings is 1. The first-order chi connectivity index (χ1) is 16.3. The zero-order valence-electron chi connectivity index (χ0n) is 20.3. The molecule has 1 unspecified atom stereocenters. The van der Waals surface area contributed by atoms with Crippen molar-refractivity contribution in [2.24, 2.45) is 11.8 Å². The minimum atomic E-state index is -0.922. The topological polar surface area (TPSA) is 82.6 Å². The van der Waals surface area contributed by atoms with Gasteiger partial charge in [-0.15, -0.1) is 0 Å². The van der Waals surface area contributed by atoms with Gasteiger partial charge >= 0.3 is 6.03 Å². The van der Waals surface area contributed by atoms with Crippen LogP contribution in [0.15, 0.2) is 48.7 Å². The second kappa shape index (κ2) is 9.95. The van der Waals surface area contributed by atoms with Gasteiger partial charge in [-0.05, 0) is 68.7 Å². The van der Waals surface area contributed by atoms with Crippen LogP contribution in [-0.4, -0.2) is 51.3 Å². The summed E-state index contributed by atoms with van der Waals surface area (Å²) >= 11 is 0. The maximum atomic E-state index is 13.8. The third-order valence-corrected chi connectivity index (χ3v) is 7.11. The van der Waals surface area contributed by atoms with Crippen LogP contribution in [-0.2, 0) is 11.3 Å². The minimum Gasteiger partial charge on any atom is -0.339 e. The predicted octanol–water partition coefficient (Wildman–Crippen LogP) is 4.17. The minimum absolute atomic E-state index is 0.0157. The number of imide groups is 1. The summed E-state index contributed by atoms with van der Waals surface area (Å²) in [5.74, 6) is 0.261. The first-order valence-electron chi connectivity index (χ1n) is 12.2. The molecule has 0 spiro atoms. The number of nitrogens with zero attached hydrogens (tertiary/aromatic N) is 3. The van der Waals surface area contributed by atoms with Crippen molar-refractivity contribution in [3.05, 3.63) is 65.5 Å². The maximum Gasteiger partial charge on any atom is 0.325 e. The first kappa shape index (κ1) is 23.9. The summed E-state index contributed by atoms with van der Waals surface area (Å²) in [6.07, 6.45) is 4.47. The molecule has 1 atom stereocenters. The Morgan fingerprint density at radius 3 is 2.56 bits per heavy atom. The second-order valence-corrected chi connectivity index (χ2v) is 9.98. The van der Waals surface area contributed by atoms with E-state index in [0.29, 0.717) is 49.5 Å². The zero-order valence-corrected chi connectivity index (χ0v) is 20.3. The van der Waals surface area contributed by atoms with E-state index in [1.807, 2.05) is 54.3 Å². The number of amides is 4. The number of rotatable bonds is 7. The third-order valence-electron chi connectivity index (χ3n) is 7.11. The highest BCUT2D eigenvalue weighted by Gasteiger charge is 2.55. The molecule has 2 saturated heterocycles. The van der Waals surface area contributed by atoms with Gasteiger partial charge in [0.25, 0.3) is 11.8 Å². The Labute approximate surface area is 201 Å². The van der Waals surface area contributed by atoms with Crippen molar-refractivity contribution < 1.29 is 14.4 Å². The fraction of sp³-hybridized carbons (Fsp3) is 0.481. The van der Waals surface area contributed by atoms with Gasteiger partial charge in [-0.3, -0.25) is 19.5 Å². The molecule has 180 valence electrons. The molecule has 0 aliphatic carbocycles. The lowest BCUT2D eigenvalue weighted by molar-refractivity contribution is -0.134. The van der Waals surface area contributed by atoms with Crippen LogP contribution >= 0.6 is 0 Å². The van der Waals surface area contributed by atoms with E-state index in [4.69, 9.17) is 0 Å². The van der Waals surface area contributed by atoms with E-state index in [0.717, 1.165) is 12.0 Å². The molecule has 1 N–H and O–H groups in total. The van der Waals surface area contributed by atoms with Gasteiger partial charge in [0.1, 0.15) is 5.54 Å². The third kappa shape index (κ3) is 4.83. The van der Waals surface area contributed by atoms with Crippen LogP contribution in [0.3, 0.4) is 0 Å². The summed E-state index contributed by atoms with van der Waals surface area (Å²) in [4.78, 5) is 47.2. The summed E-state index contributed by atoms with van der Waals surface area (Å²) in [6, 6.07) is 12.8. The van der Waals surface area contributed by atoms with Crippen molar-refractivity contribution in [3.8, 4) is 0 Å². The Balaban J connectivity index is 1.51. The lowest BCUT2D eigenvalue weighted by Crippen LogP contribution is -2.56. The molecule has 2 aliphatic heterocycles. The Hall–Kier alpha value is -3.22. The number of aryl methyl sites for hydroxylation is 1. The quantitative estimate of drug-likeness (QED) is 0.626. The van der Waals surface area contributed by atoms with Crippen LogP contribution in [0.1, 0.15) is 61.1 Å². The zero-order chi connectivity index (χ0) is 24.3. The second-order valence-electron chi connectivity index (χ2n) is 9.98. The van der Waals surface area contributed by atoms with Gasteiger partial charge < -0.3 is 10.2 Å². The summed E-state index contributed by atoms with van der Waals surface area (Å²) in [5.41, 5.74) is 1.51. The van der Waals surface area contributed by atoms with Gasteiger partial charge in [0.15, 0.2) is 0 Å². The molecular weight excluding hydrogens is 428 g/mol. The predicted molar refractivity (Wildman–Crippen MR) is 130 cm³/mol. The number of nitrogens with one attached hydrogen (secondary N) is 1. The molecule has 7 heteroatoms. The number of aromatic nitrogens is 1. The lowest BCUT2D eigenvalue weighted by atomic mass is 9.73. The van der Waals surface area contributed by atoms with Crippen LogP contribution in [0.5, 0.6) is 0 Å². The monoisotopic (exact) mass is 462 g/mol. The van der Waals surface area contributed by atoms with Crippen LogP contribution in [0.2, 0.25) is 0 Å². The van der Waals surface area contributed by atoms with Crippen molar-refractivity contribution in [2.45, 2.75) is 58.5 Å². The fourth-order valence-electron chi connectivity index (χ4n) is 5.14. The molecule has 7 nitrogen and oxygen atoms in total. The van der Waals surface area contributed by atoms with E-state index in [-0.39, 0.29) is 30.3 Å². The largest absolute Gasteiger partial charge is 0.339 e. The van der Waals surface area contributed by atoms with Crippen molar-refractivity contribution >= 4 is 17.8 Å². The van der Waals surface area contributed by atoms with Crippen molar-refractivity contribution in [2.75, 3.05) is 13.1 Å². The van der Waals surface area contributed by atoms with Gasteiger partial charge in [-0.1, -0.05) is 37.6 Å². The Morgan fingerprint density at radius 2 is 1.91 bits per heavy atom. The van der Waals surface area contributed by atoms with Crippen molar-refractivity contribution in [1.29, 1.82) is 0 Å². The van der Waals surface area contributed by atoms with Crippen molar-refractivity contribution in [1.82, 2.24) is 20.1 Å². The maximum absolute atomic E-state index is 13.8. The number of likely N-dealkylation sites (tertiary alicyclic amines) is 1. The van der Waals surface area contributed by atoms with Crippen LogP contribution in [0, 0.1) is 18.8 Å². The summed E-state index contributed by atoms with van der Waals surface area (Å²) < 4.78 is 0. The number of pyridine rings is 1. The number of hydrogen-bond acceptors (Lipinski definition) is 4. The Bertz CT molecular complexity index is 1050. The molecule has 2 aromatic rings. The molecule has 1 aromatic heterocycles. The highest BCUT2D eigenvalue weighted by Crippen LogP contribution is 2.38. The lowest BCUT2D eigenvalue weighted by Gasteiger charge is -2.41. The Kier molecular flexibility index (Phi) is 7.00. The fourth-order valence-corrected chi connectivity index (χ4v) is 5.14. The molecule has 0 saturated carbocycles. The number of urea groups is 1. The van der Waals surface area contributed by atoms with E-state index in [9.17, 15) is 14.4 Å². The van der Waals surface area contributed by atoms with Crippen LogP contribution < -0.4 is 5.32 Å². The molecule has 2 fully saturated rings. The normalized spacial score (nSPS) is 21.3. The first-order valence-corrected chi connectivity index (χ1v) is 12.2. The number of carbonyl (C=O) groups excluding carboxylic acids is 3. The van der Waals surface area contributed by atoms with Crippen LogP contribution in [0.25, 0.3) is 0 Å². The molecule has 3 heterocycles. The van der Waals surface area contributed by atoms with E-state index >= 15 is 0 Å². The average Bonchev–Trinajstić information content (AvgIpc) is 3.08. The Morgan fingerprint density at radius 1 is 1.15 bits per heavy atom. The van der Waals surface area contributed by atoms with Gasteiger partial charge in [0, 0.05) is 24.8 Å². The SMILES string of the molecule is Cc1cccc(C(=O)N2CCC(C3(CCC(C)C)NC(=O)N(Cc4ccccn4)C3=O)CC2)c1. The smallest absolute Gasteiger partial charge is 0.325 e. The number of hydrogen-bond donors (Lipinski definition) is 1. The highest BCUT2D eigenvalue weighted by molar-refractivity contribution is 6.07. The van der Waals surface area contributed by atoms with E-state index in [1.165, 1.54) is 4.90 Å². The average molecular weight is 463 g/mol. The standard InChI is InChI=1S/C27H34N4O3/c1-19(2)10-13-27(25(33)31(26(34)29-27)18-23-9-4-5-14-28-23)22-11-15-30(16-12-22)24(32)21-8-6-7-20(3)17-21/h4-9,14,17,19,22H,10-13,15-16,18H2,1-3H3,(H,29,34). The summed E-state index contributed by atoms with van der Waals surface area (Å²) in [6.45, 7) is 7.55. The molecule has 0 bridgehead atoms. The van der Waals surface area contributed by atoms with Crippen LogP contribution in [0.4, 0.5) is 4.79 Å². The summed E-state index contributed by atoms with van der Waals surface area (Å²) in [5, 5.41) is 3.10. The van der Waals surface area contributed by atoms with Gasteiger partial charge in [0.2, 0.25) is 0 Å².